The minimum atomic E-state index is -0.173. The maximum Gasteiger partial charge on any atom is 0.274 e. The lowest BCUT2D eigenvalue weighted by Gasteiger charge is -2.33. The molecule has 0 saturated carbocycles. The summed E-state index contributed by atoms with van der Waals surface area (Å²) in [5.41, 5.74) is 1.11. The Kier molecular flexibility index (Phi) is 5.31. The van der Waals surface area contributed by atoms with Gasteiger partial charge in [-0.2, -0.15) is 0 Å². The van der Waals surface area contributed by atoms with Gasteiger partial charge in [0, 0.05) is 44.9 Å². The summed E-state index contributed by atoms with van der Waals surface area (Å²) in [4.78, 5) is 35.8. The van der Waals surface area contributed by atoms with Crippen LogP contribution in [-0.4, -0.2) is 64.9 Å². The van der Waals surface area contributed by atoms with E-state index in [-0.39, 0.29) is 17.5 Å². The van der Waals surface area contributed by atoms with E-state index < -0.39 is 0 Å². The number of amides is 2. The molecule has 1 saturated heterocycles. The number of aromatic nitrogens is 2. The second-order valence-electron chi connectivity index (χ2n) is 5.94. The van der Waals surface area contributed by atoms with Crippen molar-refractivity contribution in [3.63, 3.8) is 0 Å². The highest BCUT2D eigenvalue weighted by molar-refractivity contribution is 5.92. The fourth-order valence-electron chi connectivity index (χ4n) is 2.74. The van der Waals surface area contributed by atoms with Gasteiger partial charge in [-0.25, -0.2) is 9.97 Å². The number of anilines is 2. The molecule has 8 heteroatoms. The zero-order valence-corrected chi connectivity index (χ0v) is 14.8. The molecule has 1 aromatic heterocycles. The van der Waals surface area contributed by atoms with Crippen LogP contribution >= 0.6 is 0 Å². The number of nitrogens with one attached hydrogen (secondary N) is 1. The Morgan fingerprint density at radius 3 is 2.42 bits per heavy atom. The molecule has 0 aliphatic carbocycles. The topological polar surface area (TPSA) is 87.7 Å². The van der Waals surface area contributed by atoms with E-state index in [0.29, 0.717) is 32.0 Å². The van der Waals surface area contributed by atoms with Crippen molar-refractivity contribution >= 4 is 23.3 Å². The van der Waals surface area contributed by atoms with Gasteiger partial charge in [-0.05, 0) is 12.1 Å². The first-order chi connectivity index (χ1) is 12.6. The van der Waals surface area contributed by atoms with E-state index in [0.717, 1.165) is 11.4 Å². The van der Waals surface area contributed by atoms with Crippen molar-refractivity contribution in [3.05, 3.63) is 42.4 Å². The number of carbonyl (C=O) groups is 2. The second kappa shape index (κ2) is 7.81. The molecule has 0 spiro atoms. The average molecular weight is 355 g/mol. The van der Waals surface area contributed by atoms with Crippen molar-refractivity contribution < 1.29 is 14.3 Å². The highest BCUT2D eigenvalue weighted by atomic mass is 16.5. The van der Waals surface area contributed by atoms with Crippen LogP contribution in [-0.2, 0) is 4.79 Å². The third-order valence-corrected chi connectivity index (χ3v) is 4.23. The van der Waals surface area contributed by atoms with E-state index in [1.54, 1.807) is 16.9 Å². The van der Waals surface area contributed by atoms with E-state index in [9.17, 15) is 9.59 Å². The summed E-state index contributed by atoms with van der Waals surface area (Å²) in [7, 11) is 1.61. The quantitative estimate of drug-likeness (QED) is 0.895. The summed E-state index contributed by atoms with van der Waals surface area (Å²) in [5, 5.41) is 3.12. The first kappa shape index (κ1) is 17.7. The van der Waals surface area contributed by atoms with E-state index in [1.165, 1.54) is 19.3 Å². The molecule has 1 aromatic carbocycles. The predicted molar refractivity (Wildman–Crippen MR) is 96.5 cm³/mol. The molecule has 136 valence electrons. The molecule has 2 amide bonds. The minimum absolute atomic E-state index is 0.0323. The van der Waals surface area contributed by atoms with Crippen LogP contribution < -0.4 is 10.1 Å². The van der Waals surface area contributed by atoms with Crippen LogP contribution in [0.4, 0.5) is 11.5 Å². The molecule has 0 unspecified atom stereocenters. The van der Waals surface area contributed by atoms with Gasteiger partial charge < -0.3 is 19.9 Å². The van der Waals surface area contributed by atoms with Crippen LogP contribution in [0.3, 0.4) is 0 Å². The lowest BCUT2D eigenvalue weighted by atomic mass is 10.2. The Hall–Kier alpha value is -3.16. The molecule has 3 rings (SSSR count). The third kappa shape index (κ3) is 4.08. The molecule has 2 heterocycles. The van der Waals surface area contributed by atoms with Gasteiger partial charge in [-0.15, -0.1) is 0 Å². The number of hydrogen-bond acceptors (Lipinski definition) is 6. The lowest BCUT2D eigenvalue weighted by Crippen LogP contribution is -2.50. The summed E-state index contributed by atoms with van der Waals surface area (Å²) in [6, 6.07) is 7.45. The molecule has 1 N–H and O–H groups in total. The number of hydrogen-bond donors (Lipinski definition) is 1. The molecule has 1 aliphatic rings. The van der Waals surface area contributed by atoms with Crippen LogP contribution in [0.5, 0.6) is 5.75 Å². The normalized spacial score (nSPS) is 14.1. The Bertz CT molecular complexity index is 786. The number of piperazine rings is 1. The minimum Gasteiger partial charge on any atom is -0.497 e. The van der Waals surface area contributed by atoms with E-state index in [1.807, 2.05) is 24.3 Å². The monoisotopic (exact) mass is 355 g/mol. The van der Waals surface area contributed by atoms with Crippen molar-refractivity contribution in [2.45, 2.75) is 6.92 Å². The number of rotatable bonds is 4. The standard InChI is InChI=1S/C18H21N5O3/c1-13(24)22-6-8-23(9-7-22)18(25)16-11-20-17(12-19-16)21-14-4-3-5-15(10-14)26-2/h3-5,10-12H,6-9H2,1-2H3,(H,20,21). The van der Waals surface area contributed by atoms with Gasteiger partial charge in [0.05, 0.1) is 19.5 Å². The fraction of sp³-hybridized carbons (Fsp3) is 0.333. The average Bonchev–Trinajstić information content (AvgIpc) is 2.68. The Labute approximate surface area is 151 Å². The molecule has 26 heavy (non-hydrogen) atoms. The number of carbonyl (C=O) groups excluding carboxylic acids is 2. The van der Waals surface area contributed by atoms with Gasteiger partial charge >= 0.3 is 0 Å². The molecule has 2 aromatic rings. The highest BCUT2D eigenvalue weighted by Gasteiger charge is 2.24. The van der Waals surface area contributed by atoms with E-state index in [2.05, 4.69) is 15.3 Å². The number of methoxy groups -OCH3 is 1. The molecule has 1 fully saturated rings. The van der Waals surface area contributed by atoms with Crippen LogP contribution in [0.15, 0.2) is 36.7 Å². The molecule has 8 nitrogen and oxygen atoms in total. The number of benzene rings is 1. The Morgan fingerprint density at radius 2 is 1.81 bits per heavy atom. The second-order valence-corrected chi connectivity index (χ2v) is 5.94. The molecule has 0 atom stereocenters. The molecular weight excluding hydrogens is 334 g/mol. The molecule has 0 radical (unpaired) electrons. The maximum atomic E-state index is 12.5. The number of ether oxygens (including phenoxy) is 1. The fourth-order valence-corrected chi connectivity index (χ4v) is 2.74. The van der Waals surface area contributed by atoms with Gasteiger partial charge in [-0.1, -0.05) is 6.07 Å². The summed E-state index contributed by atoms with van der Waals surface area (Å²) >= 11 is 0. The van der Waals surface area contributed by atoms with Gasteiger partial charge in [0.1, 0.15) is 17.3 Å². The van der Waals surface area contributed by atoms with Crippen molar-refractivity contribution in [2.24, 2.45) is 0 Å². The predicted octanol–water partition coefficient (Wildman–Crippen LogP) is 1.53. The first-order valence-corrected chi connectivity index (χ1v) is 8.35. The smallest absolute Gasteiger partial charge is 0.274 e. The van der Waals surface area contributed by atoms with Crippen molar-refractivity contribution in [2.75, 3.05) is 38.6 Å². The number of nitrogens with zero attached hydrogens (tertiary/aromatic N) is 4. The van der Waals surface area contributed by atoms with Crippen molar-refractivity contribution in [1.29, 1.82) is 0 Å². The van der Waals surface area contributed by atoms with E-state index >= 15 is 0 Å². The third-order valence-electron chi connectivity index (χ3n) is 4.23. The summed E-state index contributed by atoms with van der Waals surface area (Å²) in [6.45, 7) is 3.64. The lowest BCUT2D eigenvalue weighted by molar-refractivity contribution is -0.130. The summed E-state index contributed by atoms with van der Waals surface area (Å²) in [6.07, 6.45) is 2.99. The van der Waals surface area contributed by atoms with Gasteiger partial charge in [0.15, 0.2) is 0 Å². The van der Waals surface area contributed by atoms with Crippen molar-refractivity contribution in [1.82, 2.24) is 19.8 Å². The van der Waals surface area contributed by atoms with Crippen LogP contribution in [0, 0.1) is 0 Å². The zero-order valence-electron chi connectivity index (χ0n) is 14.8. The molecule has 1 aliphatic heterocycles. The van der Waals surface area contributed by atoms with Crippen LogP contribution in [0.25, 0.3) is 0 Å². The first-order valence-electron chi connectivity index (χ1n) is 8.35. The van der Waals surface area contributed by atoms with Gasteiger partial charge in [0.25, 0.3) is 5.91 Å². The van der Waals surface area contributed by atoms with Gasteiger partial charge in [0.2, 0.25) is 5.91 Å². The molecular formula is C18H21N5O3. The Morgan fingerprint density at radius 1 is 1.08 bits per heavy atom. The Balaban J connectivity index is 1.62. The van der Waals surface area contributed by atoms with Crippen LogP contribution in [0.1, 0.15) is 17.4 Å². The maximum absolute atomic E-state index is 12.5. The molecule has 0 bridgehead atoms. The largest absolute Gasteiger partial charge is 0.497 e. The van der Waals surface area contributed by atoms with Gasteiger partial charge in [-0.3, -0.25) is 9.59 Å². The van der Waals surface area contributed by atoms with Crippen LogP contribution in [0.2, 0.25) is 0 Å². The SMILES string of the molecule is COc1cccc(Nc2cnc(C(=O)N3CCN(C(C)=O)CC3)cn2)c1. The van der Waals surface area contributed by atoms with E-state index in [4.69, 9.17) is 4.74 Å². The zero-order chi connectivity index (χ0) is 18.5. The highest BCUT2D eigenvalue weighted by Crippen LogP contribution is 2.20. The summed E-state index contributed by atoms with van der Waals surface area (Å²) in [5.74, 6) is 1.13. The van der Waals surface area contributed by atoms with Crippen molar-refractivity contribution in [3.8, 4) is 5.75 Å². The summed E-state index contributed by atoms with van der Waals surface area (Å²) < 4.78 is 5.18.